The molecule has 0 aromatic heterocycles. The van der Waals surface area contributed by atoms with Gasteiger partial charge in [0, 0.05) is 3.57 Å². The number of amides is 1. The summed E-state index contributed by atoms with van der Waals surface area (Å²) in [7, 11) is 0. The van der Waals surface area contributed by atoms with Gasteiger partial charge in [-0.15, -0.1) is 0 Å². The molecular weight excluding hydrogens is 369 g/mol. The highest BCUT2D eigenvalue weighted by Crippen LogP contribution is 2.17. The number of halogens is 1. The maximum Gasteiger partial charge on any atom is 0.328 e. The lowest BCUT2D eigenvalue weighted by atomic mass is 10.1. The average Bonchev–Trinajstić information content (AvgIpc) is 2.30. The number of ether oxygens (including phenoxy) is 1. The van der Waals surface area contributed by atoms with Crippen LogP contribution in [0.3, 0.4) is 0 Å². The van der Waals surface area contributed by atoms with Crippen molar-refractivity contribution >= 4 is 34.5 Å². The number of nitrogens with one attached hydrogen (secondary N) is 1. The lowest BCUT2D eigenvalue weighted by molar-refractivity contribution is -0.156. The average molecular weight is 389 g/mol. The number of hydrogen-bond acceptors (Lipinski definition) is 3. The topological polar surface area (TPSA) is 55.4 Å². The van der Waals surface area contributed by atoms with Gasteiger partial charge in [0.15, 0.2) is 0 Å². The van der Waals surface area contributed by atoms with Crippen molar-refractivity contribution in [1.82, 2.24) is 5.32 Å². The van der Waals surface area contributed by atoms with E-state index in [1.165, 1.54) is 0 Å². The molecular formula is C15H20INO3. The van der Waals surface area contributed by atoms with Crippen molar-refractivity contribution in [2.45, 2.75) is 46.3 Å². The van der Waals surface area contributed by atoms with Gasteiger partial charge in [0.1, 0.15) is 11.6 Å². The zero-order valence-corrected chi connectivity index (χ0v) is 14.6. The molecule has 0 spiro atoms. The first kappa shape index (κ1) is 16.9. The summed E-state index contributed by atoms with van der Waals surface area (Å²) in [6.07, 6.45) is 0. The first-order chi connectivity index (χ1) is 9.11. The van der Waals surface area contributed by atoms with E-state index in [9.17, 15) is 9.59 Å². The lowest BCUT2D eigenvalue weighted by Gasteiger charge is -2.22. The Morgan fingerprint density at radius 1 is 1.30 bits per heavy atom. The van der Waals surface area contributed by atoms with Crippen molar-refractivity contribution in [3.63, 3.8) is 0 Å². The Balaban J connectivity index is 2.76. The molecule has 0 heterocycles. The lowest BCUT2D eigenvalue weighted by Crippen LogP contribution is -2.42. The van der Waals surface area contributed by atoms with E-state index in [0.29, 0.717) is 5.56 Å². The predicted molar refractivity (Wildman–Crippen MR) is 86.7 cm³/mol. The summed E-state index contributed by atoms with van der Waals surface area (Å²) in [5.41, 5.74) is 1.04. The molecule has 1 aromatic carbocycles. The normalized spacial score (nSPS) is 12.7. The third-order valence-corrected chi connectivity index (χ3v) is 3.98. The van der Waals surface area contributed by atoms with Crippen molar-refractivity contribution in [3.05, 3.63) is 32.9 Å². The Bertz CT molecular complexity index is 520. The molecule has 4 nitrogen and oxygen atoms in total. The molecule has 20 heavy (non-hydrogen) atoms. The fourth-order valence-corrected chi connectivity index (χ4v) is 2.15. The van der Waals surface area contributed by atoms with E-state index < -0.39 is 17.6 Å². The molecule has 1 aromatic rings. The third kappa shape index (κ3) is 4.77. The monoisotopic (exact) mass is 389 g/mol. The van der Waals surface area contributed by atoms with Crippen molar-refractivity contribution in [1.29, 1.82) is 0 Å². The first-order valence-electron chi connectivity index (χ1n) is 6.40. The molecule has 1 amide bonds. The standard InChI is InChI=1S/C15H20INO3/c1-9-7-6-8-11(12(9)16)13(18)17-10(2)14(19)20-15(3,4)5/h6-8,10H,1-5H3,(H,17,18)/t10-/m1/s1. The summed E-state index contributed by atoms with van der Waals surface area (Å²) in [6, 6.07) is 4.82. The van der Waals surface area contributed by atoms with E-state index in [4.69, 9.17) is 4.74 Å². The van der Waals surface area contributed by atoms with Crippen molar-refractivity contribution in [2.75, 3.05) is 0 Å². The van der Waals surface area contributed by atoms with Crippen molar-refractivity contribution in [3.8, 4) is 0 Å². The van der Waals surface area contributed by atoms with E-state index in [0.717, 1.165) is 9.13 Å². The molecule has 1 N–H and O–H groups in total. The van der Waals surface area contributed by atoms with E-state index in [1.54, 1.807) is 33.8 Å². The van der Waals surface area contributed by atoms with Crippen LogP contribution in [0.25, 0.3) is 0 Å². The number of rotatable bonds is 3. The van der Waals surface area contributed by atoms with Crippen LogP contribution in [0.2, 0.25) is 0 Å². The number of benzene rings is 1. The molecule has 5 heteroatoms. The van der Waals surface area contributed by atoms with E-state index in [2.05, 4.69) is 27.9 Å². The first-order valence-corrected chi connectivity index (χ1v) is 7.48. The Labute approximate surface area is 133 Å². The van der Waals surface area contributed by atoms with Gasteiger partial charge in [-0.3, -0.25) is 4.79 Å². The van der Waals surface area contributed by atoms with Crippen LogP contribution in [0.1, 0.15) is 43.6 Å². The van der Waals surface area contributed by atoms with Gasteiger partial charge in [0.05, 0.1) is 5.56 Å². The van der Waals surface area contributed by atoms with Gasteiger partial charge in [0.25, 0.3) is 5.91 Å². The number of aryl methyl sites for hydroxylation is 1. The molecule has 0 fully saturated rings. The minimum Gasteiger partial charge on any atom is -0.458 e. The molecule has 110 valence electrons. The molecule has 0 aliphatic heterocycles. The van der Waals surface area contributed by atoms with Gasteiger partial charge in [-0.05, 0) is 68.8 Å². The van der Waals surface area contributed by atoms with Crippen LogP contribution in [0.15, 0.2) is 18.2 Å². The Kier molecular flexibility index (Phi) is 5.56. The molecule has 1 atom stereocenters. The van der Waals surface area contributed by atoms with Crippen molar-refractivity contribution in [2.24, 2.45) is 0 Å². The van der Waals surface area contributed by atoms with Crippen LogP contribution >= 0.6 is 22.6 Å². The molecule has 0 bridgehead atoms. The number of hydrogen-bond donors (Lipinski definition) is 1. The molecule has 0 saturated heterocycles. The van der Waals surface area contributed by atoms with Crippen molar-refractivity contribution < 1.29 is 14.3 Å². The highest BCUT2D eigenvalue weighted by atomic mass is 127. The van der Waals surface area contributed by atoms with Crippen LogP contribution in [0.5, 0.6) is 0 Å². The molecule has 0 saturated carbocycles. The summed E-state index contributed by atoms with van der Waals surface area (Å²) in [6.45, 7) is 8.94. The van der Waals surface area contributed by atoms with Crippen LogP contribution in [0, 0.1) is 10.5 Å². The van der Waals surface area contributed by atoms with E-state index in [-0.39, 0.29) is 5.91 Å². The zero-order chi connectivity index (χ0) is 15.5. The highest BCUT2D eigenvalue weighted by molar-refractivity contribution is 14.1. The number of carbonyl (C=O) groups excluding carboxylic acids is 2. The Morgan fingerprint density at radius 2 is 1.90 bits per heavy atom. The van der Waals surface area contributed by atoms with Gasteiger partial charge in [-0.1, -0.05) is 12.1 Å². The van der Waals surface area contributed by atoms with Gasteiger partial charge < -0.3 is 10.1 Å². The number of carbonyl (C=O) groups is 2. The van der Waals surface area contributed by atoms with Gasteiger partial charge in [0.2, 0.25) is 0 Å². The fourth-order valence-electron chi connectivity index (χ4n) is 1.55. The SMILES string of the molecule is Cc1cccc(C(=O)N[C@H](C)C(=O)OC(C)(C)C)c1I. The second kappa shape index (κ2) is 6.56. The van der Waals surface area contributed by atoms with Gasteiger partial charge >= 0.3 is 5.97 Å². The van der Waals surface area contributed by atoms with Gasteiger partial charge in [-0.2, -0.15) is 0 Å². The minimum atomic E-state index is -0.682. The smallest absolute Gasteiger partial charge is 0.328 e. The summed E-state index contributed by atoms with van der Waals surface area (Å²) < 4.78 is 6.12. The maximum atomic E-state index is 12.2. The Morgan fingerprint density at radius 3 is 2.45 bits per heavy atom. The van der Waals surface area contributed by atoms with Crippen LogP contribution in [-0.2, 0) is 9.53 Å². The van der Waals surface area contributed by atoms with Crippen LogP contribution in [-0.4, -0.2) is 23.5 Å². The number of esters is 1. The fraction of sp³-hybridized carbons (Fsp3) is 0.467. The molecule has 0 aliphatic rings. The van der Waals surface area contributed by atoms with E-state index >= 15 is 0 Å². The minimum absolute atomic E-state index is 0.267. The molecule has 0 radical (unpaired) electrons. The summed E-state index contributed by atoms with van der Waals surface area (Å²) >= 11 is 2.13. The molecule has 0 unspecified atom stereocenters. The zero-order valence-electron chi connectivity index (χ0n) is 12.4. The highest BCUT2D eigenvalue weighted by Gasteiger charge is 2.24. The third-order valence-electron chi connectivity index (χ3n) is 2.54. The largest absolute Gasteiger partial charge is 0.458 e. The second-order valence-corrected chi connectivity index (χ2v) is 6.74. The quantitative estimate of drug-likeness (QED) is 0.639. The molecule has 1 rings (SSSR count). The summed E-state index contributed by atoms with van der Waals surface area (Å²) in [5, 5.41) is 2.67. The molecule has 0 aliphatic carbocycles. The van der Waals surface area contributed by atoms with Crippen LogP contribution < -0.4 is 5.32 Å². The summed E-state index contributed by atoms with van der Waals surface area (Å²) in [5.74, 6) is -0.704. The Hall–Kier alpha value is -1.11. The van der Waals surface area contributed by atoms with Crippen LogP contribution in [0.4, 0.5) is 0 Å². The van der Waals surface area contributed by atoms with Gasteiger partial charge in [-0.25, -0.2) is 4.79 Å². The van der Waals surface area contributed by atoms with E-state index in [1.807, 2.05) is 19.1 Å². The summed E-state index contributed by atoms with van der Waals surface area (Å²) in [4.78, 5) is 24.0. The predicted octanol–water partition coefficient (Wildman–Crippen LogP) is 3.06. The maximum absolute atomic E-state index is 12.2. The second-order valence-electron chi connectivity index (χ2n) is 5.67.